The maximum absolute atomic E-state index is 12.1. The van der Waals surface area contributed by atoms with Crippen molar-refractivity contribution in [1.29, 1.82) is 5.26 Å². The van der Waals surface area contributed by atoms with Gasteiger partial charge in [-0.2, -0.15) is 5.26 Å². The van der Waals surface area contributed by atoms with E-state index >= 15 is 0 Å². The number of carbonyl (C=O) groups excluding carboxylic acids is 1. The van der Waals surface area contributed by atoms with Gasteiger partial charge >= 0.3 is 0 Å². The molecule has 1 amide bonds. The summed E-state index contributed by atoms with van der Waals surface area (Å²) in [5.74, 6) is 0.779. The van der Waals surface area contributed by atoms with Crippen LogP contribution in [0.25, 0.3) is 0 Å². The van der Waals surface area contributed by atoms with E-state index in [2.05, 4.69) is 21.4 Å². The number of carbonyl (C=O) groups is 1. The van der Waals surface area contributed by atoms with Crippen LogP contribution in [0, 0.1) is 17.2 Å². The molecule has 7 heteroatoms. The largest absolute Gasteiger partial charge is 0.355 e. The molecule has 2 aliphatic rings. The highest BCUT2D eigenvalue weighted by atomic mass is 32.2. The molecule has 3 rings (SSSR count). The number of anilines is 1. The molecule has 21 heavy (non-hydrogen) atoms. The summed E-state index contributed by atoms with van der Waals surface area (Å²) in [6, 6.07) is 2.53. The smallest absolute Gasteiger partial charge is 0.225 e. The molecule has 0 bridgehead atoms. The highest BCUT2D eigenvalue weighted by Crippen LogP contribution is 2.27. The van der Waals surface area contributed by atoms with E-state index in [4.69, 9.17) is 0 Å². The van der Waals surface area contributed by atoms with Crippen LogP contribution in [0.4, 0.5) is 5.82 Å². The van der Waals surface area contributed by atoms with E-state index in [1.165, 1.54) is 11.8 Å². The van der Waals surface area contributed by atoms with Crippen LogP contribution in [-0.2, 0) is 4.79 Å². The quantitative estimate of drug-likeness (QED) is 0.664. The lowest BCUT2D eigenvalue weighted by atomic mass is 10.1. The molecule has 0 aromatic carbocycles. The van der Waals surface area contributed by atoms with Crippen molar-refractivity contribution in [2.24, 2.45) is 5.92 Å². The number of amides is 1. The number of nitrogens with zero attached hydrogens (tertiary/aromatic N) is 4. The van der Waals surface area contributed by atoms with Crippen molar-refractivity contribution in [3.05, 3.63) is 11.8 Å². The van der Waals surface area contributed by atoms with Gasteiger partial charge in [0.25, 0.3) is 0 Å². The lowest BCUT2D eigenvalue weighted by Crippen LogP contribution is -2.34. The van der Waals surface area contributed by atoms with Gasteiger partial charge in [0, 0.05) is 19.1 Å². The highest BCUT2D eigenvalue weighted by molar-refractivity contribution is 7.98. The molecule has 1 atom stereocenters. The van der Waals surface area contributed by atoms with Gasteiger partial charge in [-0.1, -0.05) is 11.8 Å². The molecule has 1 saturated heterocycles. The monoisotopic (exact) mass is 303 g/mol. The first-order chi connectivity index (χ1) is 10.2. The summed E-state index contributed by atoms with van der Waals surface area (Å²) >= 11 is 1.45. The van der Waals surface area contributed by atoms with Crippen LogP contribution in [0.5, 0.6) is 0 Å². The molecule has 2 fully saturated rings. The SMILES string of the molecule is CSc1ncc(C#N)c(N2CCC(C(=O)NC3CC3)C2)n1. The van der Waals surface area contributed by atoms with Crippen LogP contribution in [0.2, 0.25) is 0 Å². The van der Waals surface area contributed by atoms with Crippen molar-refractivity contribution in [1.82, 2.24) is 15.3 Å². The van der Waals surface area contributed by atoms with Crippen LogP contribution in [0.3, 0.4) is 0 Å². The van der Waals surface area contributed by atoms with E-state index in [1.807, 2.05) is 11.2 Å². The summed E-state index contributed by atoms with van der Waals surface area (Å²) in [6.45, 7) is 1.38. The van der Waals surface area contributed by atoms with Crippen LogP contribution < -0.4 is 10.2 Å². The minimum atomic E-state index is -0.00941. The zero-order valence-electron chi connectivity index (χ0n) is 11.9. The van der Waals surface area contributed by atoms with Crippen LogP contribution >= 0.6 is 11.8 Å². The number of thioether (sulfide) groups is 1. The van der Waals surface area contributed by atoms with Gasteiger partial charge < -0.3 is 10.2 Å². The fourth-order valence-corrected chi connectivity index (χ4v) is 2.82. The molecule has 1 saturated carbocycles. The second-order valence-electron chi connectivity index (χ2n) is 5.42. The Bertz CT molecular complexity index is 596. The summed E-state index contributed by atoms with van der Waals surface area (Å²) < 4.78 is 0. The van der Waals surface area contributed by atoms with Gasteiger partial charge in [-0.05, 0) is 25.5 Å². The van der Waals surface area contributed by atoms with Crippen molar-refractivity contribution < 1.29 is 4.79 Å². The first kappa shape index (κ1) is 14.1. The van der Waals surface area contributed by atoms with Crippen molar-refractivity contribution in [2.75, 3.05) is 24.2 Å². The van der Waals surface area contributed by atoms with Gasteiger partial charge in [-0.3, -0.25) is 4.79 Å². The third-order valence-electron chi connectivity index (χ3n) is 3.83. The summed E-state index contributed by atoms with van der Waals surface area (Å²) in [5, 5.41) is 12.9. The Morgan fingerprint density at radius 1 is 1.52 bits per heavy atom. The van der Waals surface area contributed by atoms with E-state index in [1.54, 1.807) is 6.20 Å². The predicted molar refractivity (Wildman–Crippen MR) is 80.0 cm³/mol. The molecule has 1 aromatic rings. The van der Waals surface area contributed by atoms with Gasteiger partial charge in [0.05, 0.1) is 12.1 Å². The van der Waals surface area contributed by atoms with Gasteiger partial charge in [-0.15, -0.1) is 0 Å². The minimum Gasteiger partial charge on any atom is -0.355 e. The molecular weight excluding hydrogens is 286 g/mol. The van der Waals surface area contributed by atoms with E-state index < -0.39 is 0 Å². The lowest BCUT2D eigenvalue weighted by molar-refractivity contribution is -0.124. The zero-order valence-corrected chi connectivity index (χ0v) is 12.7. The van der Waals surface area contributed by atoms with Crippen LogP contribution in [-0.4, -0.2) is 41.3 Å². The molecule has 1 aliphatic heterocycles. The minimum absolute atomic E-state index is 0.00941. The molecule has 2 heterocycles. The number of aromatic nitrogens is 2. The zero-order chi connectivity index (χ0) is 14.8. The number of hydrogen-bond acceptors (Lipinski definition) is 6. The van der Waals surface area contributed by atoms with Gasteiger partial charge in [0.1, 0.15) is 11.6 Å². The van der Waals surface area contributed by atoms with Crippen molar-refractivity contribution in [2.45, 2.75) is 30.5 Å². The normalized spacial score (nSPS) is 21.1. The predicted octanol–water partition coefficient (Wildman–Crippen LogP) is 1.18. The van der Waals surface area contributed by atoms with Crippen molar-refractivity contribution >= 4 is 23.5 Å². The molecule has 1 N–H and O–H groups in total. The van der Waals surface area contributed by atoms with Crippen molar-refractivity contribution in [3.63, 3.8) is 0 Å². The average Bonchev–Trinajstić information content (AvgIpc) is 3.18. The van der Waals surface area contributed by atoms with E-state index in [-0.39, 0.29) is 11.8 Å². The van der Waals surface area contributed by atoms with Gasteiger partial charge in [0.2, 0.25) is 5.91 Å². The van der Waals surface area contributed by atoms with Gasteiger partial charge in [0.15, 0.2) is 11.0 Å². The Labute approximate surface area is 127 Å². The molecule has 6 nitrogen and oxygen atoms in total. The fraction of sp³-hybridized carbons (Fsp3) is 0.571. The standard InChI is InChI=1S/C14H17N5OS/c1-21-14-16-7-10(6-15)12(18-14)19-5-4-9(8-19)13(20)17-11-2-3-11/h7,9,11H,2-5,8H2,1H3,(H,17,20). The summed E-state index contributed by atoms with van der Waals surface area (Å²) in [4.78, 5) is 22.7. The number of nitrogens with one attached hydrogen (secondary N) is 1. The molecule has 1 aromatic heterocycles. The molecule has 110 valence electrons. The third-order valence-corrected chi connectivity index (χ3v) is 4.39. The Morgan fingerprint density at radius 3 is 3.00 bits per heavy atom. The van der Waals surface area contributed by atoms with Crippen molar-refractivity contribution in [3.8, 4) is 6.07 Å². The number of hydrogen-bond donors (Lipinski definition) is 1. The summed E-state index contributed by atoms with van der Waals surface area (Å²) in [7, 11) is 0. The number of rotatable bonds is 4. The van der Waals surface area contributed by atoms with E-state index in [0.29, 0.717) is 29.1 Å². The summed E-state index contributed by atoms with van der Waals surface area (Å²) in [6.07, 6.45) is 6.47. The summed E-state index contributed by atoms with van der Waals surface area (Å²) in [5.41, 5.74) is 0.469. The van der Waals surface area contributed by atoms with E-state index in [0.717, 1.165) is 25.8 Å². The maximum atomic E-state index is 12.1. The van der Waals surface area contributed by atoms with E-state index in [9.17, 15) is 10.1 Å². The molecule has 1 aliphatic carbocycles. The number of nitriles is 1. The second kappa shape index (κ2) is 5.90. The average molecular weight is 303 g/mol. The first-order valence-electron chi connectivity index (χ1n) is 7.07. The second-order valence-corrected chi connectivity index (χ2v) is 6.19. The molecule has 1 unspecified atom stereocenters. The first-order valence-corrected chi connectivity index (χ1v) is 8.30. The maximum Gasteiger partial charge on any atom is 0.225 e. The van der Waals surface area contributed by atoms with Gasteiger partial charge in [-0.25, -0.2) is 9.97 Å². The lowest BCUT2D eigenvalue weighted by Gasteiger charge is -2.18. The molecular formula is C14H17N5OS. The van der Waals surface area contributed by atoms with Crippen LogP contribution in [0.1, 0.15) is 24.8 Å². The Kier molecular flexibility index (Phi) is 3.97. The van der Waals surface area contributed by atoms with Crippen LogP contribution in [0.15, 0.2) is 11.4 Å². The Hall–Kier alpha value is -1.81. The molecule has 0 radical (unpaired) electrons. The molecule has 0 spiro atoms. The Morgan fingerprint density at radius 2 is 2.33 bits per heavy atom. The Balaban J connectivity index is 1.73. The third kappa shape index (κ3) is 3.10. The fourth-order valence-electron chi connectivity index (χ4n) is 2.49. The highest BCUT2D eigenvalue weighted by Gasteiger charge is 2.33. The topological polar surface area (TPSA) is 81.9 Å².